The number of rotatable bonds is 3. The summed E-state index contributed by atoms with van der Waals surface area (Å²) in [5, 5.41) is 3.02. The zero-order valence-corrected chi connectivity index (χ0v) is 14.8. The van der Waals surface area contributed by atoms with Crippen molar-refractivity contribution in [2.75, 3.05) is 13.1 Å². The minimum atomic E-state index is -0.0398. The molecule has 0 radical (unpaired) electrons. The molecule has 3 aromatic rings. The van der Waals surface area contributed by atoms with Crippen LogP contribution in [0.25, 0.3) is 11.3 Å². The van der Waals surface area contributed by atoms with Crippen LogP contribution in [0.3, 0.4) is 0 Å². The van der Waals surface area contributed by atoms with Crippen LogP contribution < -0.4 is 5.73 Å². The van der Waals surface area contributed by atoms with Gasteiger partial charge in [-0.25, -0.2) is 4.98 Å². The molecule has 1 aliphatic heterocycles. The van der Waals surface area contributed by atoms with Gasteiger partial charge in [0, 0.05) is 42.2 Å². The van der Waals surface area contributed by atoms with Gasteiger partial charge in [0.15, 0.2) is 0 Å². The maximum atomic E-state index is 12.8. The maximum absolute atomic E-state index is 12.8. The molecule has 0 saturated carbocycles. The first-order chi connectivity index (χ1) is 12.1. The standard InChI is InChI=1S/C19H20N4OS/c1-12-22-18(11-25-12)14-7-17(21-8-14)19(24)23-9-15(16(20)10-23)13-5-3-2-4-6-13/h2-8,11,15-16,21H,9-10,20H2,1H3/t15-,16+/m0/s1. The summed E-state index contributed by atoms with van der Waals surface area (Å²) in [6.45, 7) is 3.19. The molecule has 1 aliphatic rings. The summed E-state index contributed by atoms with van der Waals surface area (Å²) in [5.74, 6) is 0.174. The number of carbonyl (C=O) groups excluding carboxylic acids is 1. The van der Waals surface area contributed by atoms with E-state index in [4.69, 9.17) is 5.73 Å². The number of H-pyrrole nitrogens is 1. The fourth-order valence-corrected chi connectivity index (χ4v) is 4.00. The molecule has 6 heteroatoms. The Morgan fingerprint density at radius 1 is 1.32 bits per heavy atom. The summed E-state index contributed by atoms with van der Waals surface area (Å²) >= 11 is 1.60. The largest absolute Gasteiger partial charge is 0.357 e. The van der Waals surface area contributed by atoms with E-state index < -0.39 is 0 Å². The van der Waals surface area contributed by atoms with Gasteiger partial charge in [-0.15, -0.1) is 11.3 Å². The van der Waals surface area contributed by atoms with Gasteiger partial charge in [-0.1, -0.05) is 30.3 Å². The zero-order valence-electron chi connectivity index (χ0n) is 14.0. The van der Waals surface area contributed by atoms with Gasteiger partial charge in [0.1, 0.15) is 5.69 Å². The molecule has 128 valence electrons. The monoisotopic (exact) mass is 352 g/mol. The molecule has 2 aromatic heterocycles. The quantitative estimate of drug-likeness (QED) is 0.761. The summed E-state index contributed by atoms with van der Waals surface area (Å²) in [6.07, 6.45) is 1.84. The predicted molar refractivity (Wildman–Crippen MR) is 99.7 cm³/mol. The van der Waals surface area contributed by atoms with Crippen LogP contribution in [-0.2, 0) is 0 Å². The lowest BCUT2D eigenvalue weighted by Gasteiger charge is -2.15. The van der Waals surface area contributed by atoms with Gasteiger partial charge in [-0.2, -0.15) is 0 Å². The molecule has 1 aromatic carbocycles. The number of thiazole rings is 1. The van der Waals surface area contributed by atoms with Crippen molar-refractivity contribution < 1.29 is 4.79 Å². The van der Waals surface area contributed by atoms with Crippen molar-refractivity contribution in [3.05, 3.63) is 64.2 Å². The van der Waals surface area contributed by atoms with Crippen molar-refractivity contribution in [2.24, 2.45) is 5.73 Å². The van der Waals surface area contributed by atoms with E-state index in [1.165, 1.54) is 5.56 Å². The SMILES string of the molecule is Cc1nc(-c2c[nH]c(C(=O)N3C[C@@H](N)[C@H](c4ccccc4)C3)c2)cs1. The van der Waals surface area contributed by atoms with Gasteiger partial charge in [-0.3, -0.25) is 4.79 Å². The van der Waals surface area contributed by atoms with Crippen LogP contribution in [0.1, 0.15) is 27.0 Å². The highest BCUT2D eigenvalue weighted by molar-refractivity contribution is 7.09. The van der Waals surface area contributed by atoms with Crippen molar-refractivity contribution in [3.63, 3.8) is 0 Å². The minimum absolute atomic E-state index is 0.00733. The van der Waals surface area contributed by atoms with Crippen molar-refractivity contribution >= 4 is 17.2 Å². The van der Waals surface area contributed by atoms with Crippen LogP contribution in [0, 0.1) is 6.92 Å². The lowest BCUT2D eigenvalue weighted by Crippen LogP contribution is -2.32. The molecule has 0 bridgehead atoms. The number of benzene rings is 1. The highest BCUT2D eigenvalue weighted by atomic mass is 32.1. The fourth-order valence-electron chi connectivity index (χ4n) is 3.38. The summed E-state index contributed by atoms with van der Waals surface area (Å²) in [4.78, 5) is 22.2. The van der Waals surface area contributed by atoms with Gasteiger partial charge >= 0.3 is 0 Å². The van der Waals surface area contributed by atoms with Crippen LogP contribution in [0.4, 0.5) is 0 Å². The maximum Gasteiger partial charge on any atom is 0.270 e. The Hall–Kier alpha value is -2.44. The van der Waals surface area contributed by atoms with E-state index >= 15 is 0 Å². The smallest absolute Gasteiger partial charge is 0.270 e. The molecule has 0 aliphatic carbocycles. The fraction of sp³-hybridized carbons (Fsp3) is 0.263. The Morgan fingerprint density at radius 2 is 2.12 bits per heavy atom. The van der Waals surface area contributed by atoms with Crippen LogP contribution >= 0.6 is 11.3 Å². The molecule has 3 heterocycles. The lowest BCUT2D eigenvalue weighted by atomic mass is 9.95. The second-order valence-electron chi connectivity index (χ2n) is 6.44. The first kappa shape index (κ1) is 16.1. The molecule has 2 atom stereocenters. The first-order valence-electron chi connectivity index (χ1n) is 8.32. The molecule has 1 amide bonds. The number of nitrogens with two attached hydrogens (primary N) is 1. The molecule has 0 spiro atoms. The number of aryl methyl sites for hydroxylation is 1. The summed E-state index contributed by atoms with van der Waals surface area (Å²) in [7, 11) is 0. The predicted octanol–water partition coefficient (Wildman–Crippen LogP) is 3.01. The number of aromatic nitrogens is 2. The first-order valence-corrected chi connectivity index (χ1v) is 9.20. The number of amides is 1. The molecule has 5 nitrogen and oxygen atoms in total. The van der Waals surface area contributed by atoms with Crippen molar-refractivity contribution in [2.45, 2.75) is 18.9 Å². The van der Waals surface area contributed by atoms with E-state index in [1.54, 1.807) is 11.3 Å². The Balaban J connectivity index is 1.51. The Labute approximate surface area is 150 Å². The second kappa shape index (κ2) is 6.46. The molecular formula is C19H20N4OS. The van der Waals surface area contributed by atoms with Crippen molar-refractivity contribution in [1.82, 2.24) is 14.9 Å². The number of hydrogen-bond acceptors (Lipinski definition) is 4. The molecule has 4 rings (SSSR count). The van der Waals surface area contributed by atoms with Crippen LogP contribution in [0.5, 0.6) is 0 Å². The number of carbonyl (C=O) groups is 1. The molecular weight excluding hydrogens is 332 g/mol. The van der Waals surface area contributed by atoms with Gasteiger partial charge in [0.25, 0.3) is 5.91 Å². The van der Waals surface area contributed by atoms with Crippen molar-refractivity contribution in [1.29, 1.82) is 0 Å². The minimum Gasteiger partial charge on any atom is -0.357 e. The third-order valence-corrected chi connectivity index (χ3v) is 5.48. The van der Waals surface area contributed by atoms with Crippen LogP contribution in [-0.4, -0.2) is 39.9 Å². The Bertz CT molecular complexity index is 886. The molecule has 1 saturated heterocycles. The number of aromatic amines is 1. The topological polar surface area (TPSA) is 75.0 Å². The highest BCUT2D eigenvalue weighted by Gasteiger charge is 2.34. The molecule has 3 N–H and O–H groups in total. The highest BCUT2D eigenvalue weighted by Crippen LogP contribution is 2.28. The third-order valence-electron chi connectivity index (χ3n) is 4.71. The van der Waals surface area contributed by atoms with E-state index in [1.807, 2.05) is 47.7 Å². The average Bonchev–Trinajstić information content (AvgIpc) is 3.34. The van der Waals surface area contributed by atoms with Crippen molar-refractivity contribution in [3.8, 4) is 11.3 Å². The van der Waals surface area contributed by atoms with E-state index in [9.17, 15) is 4.79 Å². The number of nitrogens with one attached hydrogen (secondary N) is 1. The van der Waals surface area contributed by atoms with E-state index in [2.05, 4.69) is 22.1 Å². The number of likely N-dealkylation sites (tertiary alicyclic amines) is 1. The Kier molecular flexibility index (Phi) is 4.15. The van der Waals surface area contributed by atoms with Gasteiger partial charge < -0.3 is 15.6 Å². The summed E-state index contributed by atoms with van der Waals surface area (Å²) in [6, 6.07) is 12.0. The van der Waals surface area contributed by atoms with Gasteiger partial charge in [0.2, 0.25) is 0 Å². The van der Waals surface area contributed by atoms with E-state index in [-0.39, 0.29) is 17.9 Å². The van der Waals surface area contributed by atoms with E-state index in [0.29, 0.717) is 18.8 Å². The number of hydrogen-bond donors (Lipinski definition) is 2. The summed E-state index contributed by atoms with van der Waals surface area (Å²) < 4.78 is 0. The lowest BCUT2D eigenvalue weighted by molar-refractivity contribution is 0.0784. The zero-order chi connectivity index (χ0) is 17.4. The third kappa shape index (κ3) is 3.10. The number of nitrogens with zero attached hydrogens (tertiary/aromatic N) is 2. The van der Waals surface area contributed by atoms with Crippen LogP contribution in [0.15, 0.2) is 48.0 Å². The van der Waals surface area contributed by atoms with E-state index in [0.717, 1.165) is 16.3 Å². The van der Waals surface area contributed by atoms with Gasteiger partial charge in [0.05, 0.1) is 10.7 Å². The normalized spacial score (nSPS) is 20.2. The summed E-state index contributed by atoms with van der Waals surface area (Å²) in [5.41, 5.74) is 9.92. The van der Waals surface area contributed by atoms with Crippen LogP contribution in [0.2, 0.25) is 0 Å². The van der Waals surface area contributed by atoms with Gasteiger partial charge in [-0.05, 0) is 18.6 Å². The Morgan fingerprint density at radius 3 is 2.84 bits per heavy atom. The molecule has 1 fully saturated rings. The second-order valence-corrected chi connectivity index (χ2v) is 7.51. The average molecular weight is 352 g/mol. The molecule has 0 unspecified atom stereocenters. The molecule has 25 heavy (non-hydrogen) atoms.